The maximum atomic E-state index is 13.0. The van der Waals surface area contributed by atoms with Gasteiger partial charge in [0, 0.05) is 23.8 Å². The van der Waals surface area contributed by atoms with Gasteiger partial charge in [-0.15, -0.1) is 0 Å². The van der Waals surface area contributed by atoms with Crippen molar-refractivity contribution in [2.75, 3.05) is 25.0 Å². The van der Waals surface area contributed by atoms with Crippen LogP contribution in [0.1, 0.15) is 54.9 Å². The van der Waals surface area contributed by atoms with Gasteiger partial charge in [-0.25, -0.2) is 17.9 Å². The average molecular weight is 612 g/mol. The van der Waals surface area contributed by atoms with E-state index >= 15 is 0 Å². The molecule has 0 radical (unpaired) electrons. The number of hydrogen-bond acceptors (Lipinski definition) is 5. The highest BCUT2D eigenvalue weighted by molar-refractivity contribution is 7.89. The molecule has 1 amide bonds. The highest BCUT2D eigenvalue weighted by Gasteiger charge is 2.38. The minimum absolute atomic E-state index is 0.0309. The van der Waals surface area contributed by atoms with Gasteiger partial charge in [-0.1, -0.05) is 31.9 Å². The molecule has 3 N–H and O–H groups in total. The summed E-state index contributed by atoms with van der Waals surface area (Å²) in [7, 11) is -3.87. The maximum Gasteiger partial charge on any atom is 0.490 e. The minimum Gasteiger partial charge on any atom is -0.475 e. The van der Waals surface area contributed by atoms with Gasteiger partial charge >= 0.3 is 18.3 Å². The van der Waals surface area contributed by atoms with Crippen molar-refractivity contribution in [1.82, 2.24) is 9.62 Å². The van der Waals surface area contributed by atoms with Crippen molar-refractivity contribution < 1.29 is 49.5 Å². The zero-order valence-corrected chi connectivity index (χ0v) is 22.9. The number of nitrogens with one attached hydrogen (secondary N) is 2. The summed E-state index contributed by atoms with van der Waals surface area (Å²) in [5.41, 5.74) is -0.885. The fraction of sp³-hybridized carbons (Fsp3) is 0.462. The molecule has 0 aromatic heterocycles. The Morgan fingerprint density at radius 3 is 2.29 bits per heavy atom. The van der Waals surface area contributed by atoms with Crippen LogP contribution in [0.4, 0.5) is 32.0 Å². The molecule has 1 atom stereocenters. The van der Waals surface area contributed by atoms with Gasteiger partial charge in [0.25, 0.3) is 5.91 Å². The molecule has 1 fully saturated rings. The van der Waals surface area contributed by atoms with Crippen LogP contribution in [0.5, 0.6) is 0 Å². The predicted molar refractivity (Wildman–Crippen MR) is 139 cm³/mol. The van der Waals surface area contributed by atoms with Crippen LogP contribution in [0.25, 0.3) is 0 Å². The first-order valence-electron chi connectivity index (χ1n) is 12.7. The molecule has 0 aliphatic carbocycles. The molecule has 2 aromatic carbocycles. The zero-order valence-electron chi connectivity index (χ0n) is 22.1. The van der Waals surface area contributed by atoms with E-state index in [1.54, 1.807) is 0 Å². The molecule has 1 unspecified atom stereocenters. The third-order valence-corrected chi connectivity index (χ3v) is 7.52. The zero-order chi connectivity index (χ0) is 30.8. The van der Waals surface area contributed by atoms with Crippen molar-refractivity contribution in [3.8, 4) is 0 Å². The summed E-state index contributed by atoms with van der Waals surface area (Å²) in [6.45, 7) is 4.67. The number of anilines is 1. The van der Waals surface area contributed by atoms with E-state index in [1.165, 1.54) is 36.4 Å². The van der Waals surface area contributed by atoms with Crippen LogP contribution in [0, 0.1) is 0 Å². The summed E-state index contributed by atoms with van der Waals surface area (Å²) in [5.74, 6) is -3.45. The van der Waals surface area contributed by atoms with Crippen LogP contribution < -0.4 is 10.0 Å². The second kappa shape index (κ2) is 14.6. The molecule has 0 bridgehead atoms. The van der Waals surface area contributed by atoms with Crippen LogP contribution in [0.15, 0.2) is 53.4 Å². The number of carbonyl (C=O) groups is 2. The molecule has 1 aliphatic heterocycles. The molecule has 228 valence electrons. The molecule has 0 spiro atoms. The molecule has 0 saturated carbocycles. The molecule has 8 nitrogen and oxygen atoms in total. The van der Waals surface area contributed by atoms with E-state index in [4.69, 9.17) is 9.90 Å². The van der Waals surface area contributed by atoms with Crippen molar-refractivity contribution in [2.45, 2.75) is 62.3 Å². The van der Waals surface area contributed by atoms with E-state index < -0.39 is 39.8 Å². The second-order valence-electron chi connectivity index (χ2n) is 9.33. The molecule has 15 heteroatoms. The smallest absolute Gasteiger partial charge is 0.475 e. The van der Waals surface area contributed by atoms with E-state index in [-0.39, 0.29) is 22.2 Å². The standard InChI is InChI=1S/C24H30F3N3O3S.C2HF3O2/c1-2-3-4-13-30-14-7-11-21(17-30)29-34(32,33)22-12-5-8-18(15-22)23(31)28-20-10-6-9-19(16-20)24(25,26)27;3-2(4,5)1(6)7/h5-6,8-10,12,15-16,21,29H,2-4,7,11,13-14,17H2,1H3,(H,28,31);(H,6,7). The number of likely N-dealkylation sites (tertiary alicyclic amines) is 1. The van der Waals surface area contributed by atoms with Crippen LogP contribution >= 0.6 is 0 Å². The first kappa shape index (κ1) is 34.0. The Bertz CT molecular complexity index is 1280. The Morgan fingerprint density at radius 2 is 1.68 bits per heavy atom. The van der Waals surface area contributed by atoms with Crippen molar-refractivity contribution in [2.24, 2.45) is 0 Å². The van der Waals surface area contributed by atoms with E-state index in [1.807, 2.05) is 0 Å². The number of benzene rings is 2. The van der Waals surface area contributed by atoms with Crippen molar-refractivity contribution >= 4 is 27.6 Å². The Hall–Kier alpha value is -3.17. The summed E-state index contributed by atoms with van der Waals surface area (Å²) in [6.07, 6.45) is -4.63. The normalized spacial score (nSPS) is 16.4. The van der Waals surface area contributed by atoms with Crippen LogP contribution in [-0.2, 0) is 21.0 Å². The molecule has 2 aromatic rings. The molecule has 1 aliphatic rings. The summed E-state index contributed by atoms with van der Waals surface area (Å²) in [5, 5.41) is 9.53. The molecule has 1 saturated heterocycles. The monoisotopic (exact) mass is 611 g/mol. The van der Waals surface area contributed by atoms with Crippen LogP contribution in [0.2, 0.25) is 0 Å². The number of piperidine rings is 1. The number of rotatable bonds is 9. The lowest BCUT2D eigenvalue weighted by Crippen LogP contribution is -2.47. The van der Waals surface area contributed by atoms with Crippen LogP contribution in [-0.4, -0.2) is 62.2 Å². The third kappa shape index (κ3) is 11.3. The van der Waals surface area contributed by atoms with Crippen LogP contribution in [0.3, 0.4) is 0 Å². The number of hydrogen-bond donors (Lipinski definition) is 3. The summed E-state index contributed by atoms with van der Waals surface area (Å²) < 4.78 is 99.2. The van der Waals surface area contributed by atoms with Crippen molar-refractivity contribution in [3.63, 3.8) is 0 Å². The highest BCUT2D eigenvalue weighted by atomic mass is 32.2. The topological polar surface area (TPSA) is 116 Å². The third-order valence-electron chi connectivity index (χ3n) is 6.00. The number of nitrogens with zero attached hydrogens (tertiary/aromatic N) is 1. The fourth-order valence-corrected chi connectivity index (χ4v) is 5.32. The number of carboxylic acids is 1. The number of carbonyl (C=O) groups excluding carboxylic acids is 1. The lowest BCUT2D eigenvalue weighted by Gasteiger charge is -2.33. The van der Waals surface area contributed by atoms with Crippen molar-refractivity contribution in [3.05, 3.63) is 59.7 Å². The van der Waals surface area contributed by atoms with Gasteiger partial charge in [-0.2, -0.15) is 26.3 Å². The molecule has 3 rings (SSSR count). The largest absolute Gasteiger partial charge is 0.490 e. The Labute approximate surface area is 233 Å². The number of amides is 1. The first-order chi connectivity index (χ1) is 19.0. The molecule has 41 heavy (non-hydrogen) atoms. The van der Waals surface area contributed by atoms with Gasteiger partial charge in [0.2, 0.25) is 10.0 Å². The number of carboxylic acid groups (broad SMARTS) is 1. The van der Waals surface area contributed by atoms with Gasteiger partial charge in [-0.05, 0) is 68.8 Å². The van der Waals surface area contributed by atoms with Gasteiger partial charge in [0.15, 0.2) is 0 Å². The number of aliphatic carboxylic acids is 1. The summed E-state index contributed by atoms with van der Waals surface area (Å²) in [4.78, 5) is 23.7. The highest BCUT2D eigenvalue weighted by Crippen LogP contribution is 2.30. The van der Waals surface area contributed by atoms with Gasteiger partial charge in [0.1, 0.15) is 0 Å². The number of sulfonamides is 1. The van der Waals surface area contributed by atoms with E-state index in [9.17, 15) is 39.6 Å². The van der Waals surface area contributed by atoms with Crippen molar-refractivity contribution in [1.29, 1.82) is 0 Å². The lowest BCUT2D eigenvalue weighted by molar-refractivity contribution is -0.192. The van der Waals surface area contributed by atoms with Gasteiger partial charge in [0.05, 0.1) is 10.5 Å². The Morgan fingerprint density at radius 1 is 1.02 bits per heavy atom. The van der Waals surface area contributed by atoms with E-state index in [0.29, 0.717) is 6.54 Å². The van der Waals surface area contributed by atoms with E-state index in [0.717, 1.165) is 57.3 Å². The number of alkyl halides is 6. The predicted octanol–water partition coefficient (Wildman–Crippen LogP) is 5.52. The molecular formula is C26H31F6N3O5S. The number of unbranched alkanes of at least 4 members (excludes halogenated alkanes) is 2. The SMILES string of the molecule is CCCCCN1CCCC(NS(=O)(=O)c2cccc(C(=O)Nc3cccc(C(F)(F)F)c3)c2)C1.O=C(O)C(F)(F)F. The van der Waals surface area contributed by atoms with E-state index in [2.05, 4.69) is 21.9 Å². The molecular weight excluding hydrogens is 580 g/mol. The molecule has 1 heterocycles. The first-order valence-corrected chi connectivity index (χ1v) is 14.1. The quantitative estimate of drug-likeness (QED) is 0.254. The Balaban J connectivity index is 0.000000745. The van der Waals surface area contributed by atoms with Gasteiger partial charge in [-0.3, -0.25) is 4.79 Å². The minimum atomic E-state index is -5.08. The fourth-order valence-electron chi connectivity index (χ4n) is 4.01. The lowest BCUT2D eigenvalue weighted by atomic mass is 10.1. The Kier molecular flexibility index (Phi) is 12.2. The second-order valence-corrected chi connectivity index (χ2v) is 11.0. The maximum absolute atomic E-state index is 13.0. The average Bonchev–Trinajstić information content (AvgIpc) is 2.88. The summed E-state index contributed by atoms with van der Waals surface area (Å²) in [6, 6.07) is 9.52. The summed E-state index contributed by atoms with van der Waals surface area (Å²) >= 11 is 0. The number of halogens is 6. The van der Waals surface area contributed by atoms with Gasteiger partial charge < -0.3 is 15.3 Å².